The number of rotatable bonds is 4. The van der Waals surface area contributed by atoms with Crippen molar-refractivity contribution in [1.82, 2.24) is 14.7 Å². The average Bonchev–Trinajstić information content (AvgIpc) is 3.09. The second-order valence-electron chi connectivity index (χ2n) is 6.93. The zero-order valence-corrected chi connectivity index (χ0v) is 17.7. The van der Waals surface area contributed by atoms with Crippen molar-refractivity contribution in [2.45, 2.75) is 34.2 Å². The number of benzene rings is 1. The number of carbonyl (C=O) groups excluding carboxylic acids is 1. The molecule has 0 aliphatic carbocycles. The van der Waals surface area contributed by atoms with Crippen LogP contribution in [0, 0.1) is 13.8 Å². The molecule has 3 aromatic rings. The molecule has 6 heteroatoms. The van der Waals surface area contributed by atoms with E-state index in [1.165, 1.54) is 5.69 Å². The zero-order valence-electron chi connectivity index (χ0n) is 17.7. The van der Waals surface area contributed by atoms with Gasteiger partial charge in [-0.1, -0.05) is 26.0 Å². The lowest BCUT2D eigenvalue weighted by Gasteiger charge is -2.28. The smallest absolute Gasteiger partial charge is 0.270 e. The van der Waals surface area contributed by atoms with Crippen molar-refractivity contribution >= 4 is 17.2 Å². The lowest BCUT2D eigenvalue weighted by molar-refractivity contribution is 0.0944. The number of pyridine rings is 1. The van der Waals surface area contributed by atoms with Crippen LogP contribution in [0.2, 0.25) is 0 Å². The van der Waals surface area contributed by atoms with Gasteiger partial charge in [0.1, 0.15) is 11.3 Å². The summed E-state index contributed by atoms with van der Waals surface area (Å²) in [5.74, 6) is -0.110. The van der Waals surface area contributed by atoms with Crippen molar-refractivity contribution in [3.05, 3.63) is 65.1 Å². The van der Waals surface area contributed by atoms with E-state index in [2.05, 4.69) is 39.5 Å². The van der Waals surface area contributed by atoms with Crippen LogP contribution in [0.5, 0.6) is 0 Å². The van der Waals surface area contributed by atoms with E-state index in [-0.39, 0.29) is 5.91 Å². The number of aryl methyl sites for hydroxylation is 2. The van der Waals surface area contributed by atoms with Crippen LogP contribution in [0.4, 0.5) is 5.69 Å². The molecule has 0 bridgehead atoms. The number of morpholine rings is 1. The maximum absolute atomic E-state index is 12.7. The van der Waals surface area contributed by atoms with Crippen molar-refractivity contribution in [1.29, 1.82) is 0 Å². The largest absolute Gasteiger partial charge is 0.378 e. The third-order valence-corrected chi connectivity index (χ3v) is 4.94. The summed E-state index contributed by atoms with van der Waals surface area (Å²) in [5.41, 5.74) is 5.52. The Bertz CT molecular complexity index is 957. The van der Waals surface area contributed by atoms with Crippen LogP contribution in [-0.2, 0) is 11.3 Å². The Morgan fingerprint density at radius 1 is 1.10 bits per heavy atom. The summed E-state index contributed by atoms with van der Waals surface area (Å²) in [4.78, 5) is 19.5. The normalized spacial score (nSPS) is 13.7. The Balaban J connectivity index is 0.00000117. The topological polar surface area (TPSA) is 58.9 Å². The Hall–Kier alpha value is -2.86. The highest BCUT2D eigenvalue weighted by molar-refractivity contribution is 5.94. The van der Waals surface area contributed by atoms with Gasteiger partial charge in [0.2, 0.25) is 0 Å². The lowest BCUT2D eigenvalue weighted by Crippen LogP contribution is -2.36. The molecule has 1 fully saturated rings. The molecule has 1 saturated heterocycles. The molecular formula is C23H30N4O2. The van der Waals surface area contributed by atoms with Crippen molar-refractivity contribution in [2.75, 3.05) is 31.2 Å². The van der Waals surface area contributed by atoms with E-state index in [1.54, 1.807) is 0 Å². The Labute approximate surface area is 172 Å². The van der Waals surface area contributed by atoms with Gasteiger partial charge in [0.05, 0.1) is 18.9 Å². The molecule has 6 nitrogen and oxygen atoms in total. The first-order valence-corrected chi connectivity index (χ1v) is 10.3. The van der Waals surface area contributed by atoms with Crippen molar-refractivity contribution in [3.8, 4) is 0 Å². The minimum atomic E-state index is -0.110. The first kappa shape index (κ1) is 20.9. The fraction of sp³-hybridized carbons (Fsp3) is 0.391. The predicted molar refractivity (Wildman–Crippen MR) is 117 cm³/mol. The second kappa shape index (κ2) is 9.56. The third kappa shape index (κ3) is 4.77. The number of aromatic nitrogens is 2. The van der Waals surface area contributed by atoms with Crippen molar-refractivity contribution in [2.24, 2.45) is 0 Å². The highest BCUT2D eigenvalue weighted by atomic mass is 16.5. The summed E-state index contributed by atoms with van der Waals surface area (Å²) in [7, 11) is 0. The van der Waals surface area contributed by atoms with Crippen LogP contribution in [0.15, 0.2) is 42.6 Å². The third-order valence-electron chi connectivity index (χ3n) is 4.94. The van der Waals surface area contributed by atoms with Gasteiger partial charge in [-0.3, -0.25) is 9.20 Å². The molecule has 29 heavy (non-hydrogen) atoms. The Morgan fingerprint density at radius 3 is 2.48 bits per heavy atom. The summed E-state index contributed by atoms with van der Waals surface area (Å²) in [6.07, 6.45) is 1.90. The van der Waals surface area contributed by atoms with Crippen LogP contribution in [0.3, 0.4) is 0 Å². The van der Waals surface area contributed by atoms with Gasteiger partial charge in [-0.15, -0.1) is 0 Å². The van der Waals surface area contributed by atoms with Gasteiger partial charge in [-0.25, -0.2) is 4.98 Å². The number of hydrogen-bond acceptors (Lipinski definition) is 4. The van der Waals surface area contributed by atoms with Gasteiger partial charge < -0.3 is 15.0 Å². The standard InChI is InChI=1S/C21H24N4O2.C2H6/c1-15-7-8-25-19(13-15)23-16(2)20(25)21(26)22-14-17-3-5-18(6-4-17)24-9-11-27-12-10-24;1-2/h3-8,13H,9-12,14H2,1-2H3,(H,22,26);1-2H3. The monoisotopic (exact) mass is 394 g/mol. The number of amides is 1. The zero-order chi connectivity index (χ0) is 20.8. The molecule has 154 valence electrons. The number of anilines is 1. The van der Waals surface area contributed by atoms with Crippen LogP contribution in [-0.4, -0.2) is 41.6 Å². The number of hydrogen-bond donors (Lipinski definition) is 1. The molecule has 1 amide bonds. The van der Waals surface area contributed by atoms with E-state index < -0.39 is 0 Å². The maximum Gasteiger partial charge on any atom is 0.270 e. The van der Waals surface area contributed by atoms with E-state index in [0.29, 0.717) is 12.2 Å². The molecule has 0 spiro atoms. The quantitative estimate of drug-likeness (QED) is 0.732. The molecule has 0 radical (unpaired) electrons. The van der Waals surface area contributed by atoms with E-state index in [1.807, 2.05) is 50.4 Å². The van der Waals surface area contributed by atoms with E-state index in [4.69, 9.17) is 4.74 Å². The number of nitrogens with zero attached hydrogens (tertiary/aromatic N) is 3. The molecule has 2 aromatic heterocycles. The fourth-order valence-corrected chi connectivity index (χ4v) is 3.45. The summed E-state index contributed by atoms with van der Waals surface area (Å²) >= 11 is 0. The summed E-state index contributed by atoms with van der Waals surface area (Å²) in [6, 6.07) is 12.3. The molecule has 0 atom stereocenters. The van der Waals surface area contributed by atoms with Gasteiger partial charge in [0.15, 0.2) is 0 Å². The number of imidazole rings is 1. The molecule has 0 unspecified atom stereocenters. The number of carbonyl (C=O) groups is 1. The molecule has 1 N–H and O–H groups in total. The minimum absolute atomic E-state index is 0.110. The summed E-state index contributed by atoms with van der Waals surface area (Å²) in [5, 5.41) is 3.01. The maximum atomic E-state index is 12.7. The molecule has 0 saturated carbocycles. The van der Waals surface area contributed by atoms with Gasteiger partial charge in [0.25, 0.3) is 5.91 Å². The van der Waals surface area contributed by atoms with Gasteiger partial charge in [0, 0.05) is 31.5 Å². The number of fused-ring (bicyclic) bond motifs is 1. The van der Waals surface area contributed by atoms with E-state index in [9.17, 15) is 4.79 Å². The van der Waals surface area contributed by atoms with Gasteiger partial charge in [-0.2, -0.15) is 0 Å². The van der Waals surface area contributed by atoms with Crippen LogP contribution < -0.4 is 10.2 Å². The SMILES string of the molecule is CC.Cc1ccn2c(C(=O)NCc3ccc(N4CCOCC4)cc3)c(C)nc2c1. The lowest BCUT2D eigenvalue weighted by atomic mass is 10.2. The second-order valence-corrected chi connectivity index (χ2v) is 6.93. The molecule has 1 aromatic carbocycles. The van der Waals surface area contributed by atoms with Gasteiger partial charge >= 0.3 is 0 Å². The van der Waals surface area contributed by atoms with E-state index >= 15 is 0 Å². The van der Waals surface area contributed by atoms with Crippen molar-refractivity contribution < 1.29 is 9.53 Å². The highest BCUT2D eigenvalue weighted by Crippen LogP contribution is 2.17. The predicted octanol–water partition coefficient (Wildman–Crippen LogP) is 3.74. The van der Waals surface area contributed by atoms with Crippen LogP contribution in [0.25, 0.3) is 5.65 Å². The molecule has 1 aliphatic rings. The summed E-state index contributed by atoms with van der Waals surface area (Å²) < 4.78 is 7.24. The minimum Gasteiger partial charge on any atom is -0.378 e. The first-order chi connectivity index (χ1) is 14.1. The van der Waals surface area contributed by atoms with Crippen molar-refractivity contribution in [3.63, 3.8) is 0 Å². The summed E-state index contributed by atoms with van der Waals surface area (Å²) in [6.45, 7) is 11.8. The molecule has 4 rings (SSSR count). The Kier molecular flexibility index (Phi) is 6.88. The molecular weight excluding hydrogens is 364 g/mol. The molecule has 1 aliphatic heterocycles. The fourth-order valence-electron chi connectivity index (χ4n) is 3.45. The van der Waals surface area contributed by atoms with Crippen LogP contribution >= 0.6 is 0 Å². The average molecular weight is 395 g/mol. The van der Waals surface area contributed by atoms with E-state index in [0.717, 1.165) is 48.8 Å². The molecule has 3 heterocycles. The highest BCUT2D eigenvalue weighted by Gasteiger charge is 2.16. The number of nitrogens with one attached hydrogen (secondary N) is 1. The number of ether oxygens (including phenoxy) is 1. The first-order valence-electron chi connectivity index (χ1n) is 10.3. The van der Waals surface area contributed by atoms with Gasteiger partial charge in [-0.05, 0) is 49.2 Å². The van der Waals surface area contributed by atoms with Crippen LogP contribution in [0.1, 0.15) is 41.2 Å². The Morgan fingerprint density at radius 2 is 1.79 bits per heavy atom.